The van der Waals surface area contributed by atoms with E-state index in [9.17, 15) is 9.59 Å². The third-order valence-electron chi connectivity index (χ3n) is 4.26. The molecule has 0 fully saturated rings. The van der Waals surface area contributed by atoms with E-state index in [1.54, 1.807) is 24.3 Å². The summed E-state index contributed by atoms with van der Waals surface area (Å²) in [5, 5.41) is 5.66. The van der Waals surface area contributed by atoms with Gasteiger partial charge in [0.2, 0.25) is 5.91 Å². The molecule has 0 saturated heterocycles. The summed E-state index contributed by atoms with van der Waals surface area (Å²) in [6, 6.07) is 14.7. The quantitative estimate of drug-likeness (QED) is 0.754. The van der Waals surface area contributed by atoms with Gasteiger partial charge in [-0.05, 0) is 54.7 Å². The minimum absolute atomic E-state index is 0.0181. The highest BCUT2D eigenvalue weighted by molar-refractivity contribution is 5.96. The number of benzene rings is 2. The lowest BCUT2D eigenvalue weighted by Crippen LogP contribution is -2.39. The molecule has 124 valence electrons. The summed E-state index contributed by atoms with van der Waals surface area (Å²) in [6.45, 7) is -0.0332. The van der Waals surface area contributed by atoms with E-state index in [-0.39, 0.29) is 24.4 Å². The van der Waals surface area contributed by atoms with Crippen LogP contribution in [0.4, 0.5) is 5.69 Å². The molecule has 24 heavy (non-hydrogen) atoms. The van der Waals surface area contributed by atoms with Crippen molar-refractivity contribution < 1.29 is 9.59 Å². The number of fused-ring (bicyclic) bond motifs is 1. The number of amides is 2. The number of nitrogens with one attached hydrogen (secondary N) is 2. The Morgan fingerprint density at radius 3 is 2.71 bits per heavy atom. The van der Waals surface area contributed by atoms with Gasteiger partial charge in [0.05, 0.1) is 12.6 Å². The Bertz CT molecular complexity index is 744. The molecule has 2 amide bonds. The molecule has 5 nitrogen and oxygen atoms in total. The van der Waals surface area contributed by atoms with Crippen LogP contribution in [0.25, 0.3) is 0 Å². The van der Waals surface area contributed by atoms with Crippen molar-refractivity contribution in [2.24, 2.45) is 0 Å². The monoisotopic (exact) mass is 323 g/mol. The van der Waals surface area contributed by atoms with Crippen LogP contribution in [-0.4, -0.2) is 18.4 Å². The van der Waals surface area contributed by atoms with Crippen LogP contribution in [-0.2, 0) is 11.2 Å². The van der Waals surface area contributed by atoms with Gasteiger partial charge in [0.15, 0.2) is 0 Å². The lowest BCUT2D eigenvalue weighted by molar-refractivity contribution is -0.121. The van der Waals surface area contributed by atoms with Gasteiger partial charge in [-0.2, -0.15) is 0 Å². The number of hydrogen-bond donors (Lipinski definition) is 3. The Morgan fingerprint density at radius 1 is 1.12 bits per heavy atom. The maximum absolute atomic E-state index is 12.2. The summed E-state index contributed by atoms with van der Waals surface area (Å²) >= 11 is 0. The van der Waals surface area contributed by atoms with Crippen LogP contribution in [0.1, 0.15) is 40.4 Å². The van der Waals surface area contributed by atoms with Crippen LogP contribution >= 0.6 is 0 Å². The van der Waals surface area contributed by atoms with E-state index in [2.05, 4.69) is 10.6 Å². The number of rotatable bonds is 4. The molecule has 0 bridgehead atoms. The van der Waals surface area contributed by atoms with Crippen molar-refractivity contribution in [1.82, 2.24) is 10.6 Å². The molecule has 0 spiro atoms. The van der Waals surface area contributed by atoms with Gasteiger partial charge in [-0.25, -0.2) is 0 Å². The molecule has 1 atom stereocenters. The molecular formula is C19H21N3O2. The predicted octanol–water partition coefficient (Wildman–Crippen LogP) is 2.19. The molecule has 1 aliphatic carbocycles. The lowest BCUT2D eigenvalue weighted by atomic mass is 9.87. The van der Waals surface area contributed by atoms with Gasteiger partial charge >= 0.3 is 0 Å². The number of nitrogens with two attached hydrogens (primary N) is 1. The van der Waals surface area contributed by atoms with Gasteiger partial charge in [0.25, 0.3) is 5.91 Å². The fraction of sp³-hybridized carbons (Fsp3) is 0.263. The minimum Gasteiger partial charge on any atom is -0.399 e. The molecule has 0 aromatic heterocycles. The van der Waals surface area contributed by atoms with Gasteiger partial charge in [-0.15, -0.1) is 0 Å². The van der Waals surface area contributed by atoms with Crippen LogP contribution in [0.3, 0.4) is 0 Å². The van der Waals surface area contributed by atoms with Gasteiger partial charge in [0, 0.05) is 11.3 Å². The zero-order chi connectivity index (χ0) is 16.9. The van der Waals surface area contributed by atoms with Crippen LogP contribution < -0.4 is 16.4 Å². The van der Waals surface area contributed by atoms with E-state index < -0.39 is 0 Å². The maximum atomic E-state index is 12.2. The molecule has 2 aromatic carbocycles. The molecular weight excluding hydrogens is 302 g/mol. The lowest BCUT2D eigenvalue weighted by Gasteiger charge is -2.26. The van der Waals surface area contributed by atoms with Crippen molar-refractivity contribution in [2.45, 2.75) is 25.3 Å². The van der Waals surface area contributed by atoms with Gasteiger partial charge in [-0.1, -0.05) is 24.3 Å². The number of hydrogen-bond acceptors (Lipinski definition) is 3. The summed E-state index contributed by atoms with van der Waals surface area (Å²) in [7, 11) is 0. The van der Waals surface area contributed by atoms with E-state index in [1.165, 1.54) is 5.56 Å². The first-order chi connectivity index (χ1) is 11.6. The molecule has 2 aromatic rings. The third kappa shape index (κ3) is 3.74. The largest absolute Gasteiger partial charge is 0.399 e. The van der Waals surface area contributed by atoms with E-state index in [1.807, 2.05) is 24.3 Å². The van der Waals surface area contributed by atoms with E-state index in [0.29, 0.717) is 5.56 Å². The predicted molar refractivity (Wildman–Crippen MR) is 93.5 cm³/mol. The first-order valence-corrected chi connectivity index (χ1v) is 8.14. The smallest absolute Gasteiger partial charge is 0.251 e. The van der Waals surface area contributed by atoms with Crippen molar-refractivity contribution in [3.63, 3.8) is 0 Å². The molecule has 1 aliphatic rings. The molecule has 0 heterocycles. The van der Waals surface area contributed by atoms with E-state index in [4.69, 9.17) is 5.73 Å². The van der Waals surface area contributed by atoms with Gasteiger partial charge in [0.1, 0.15) is 0 Å². The topological polar surface area (TPSA) is 84.2 Å². The molecule has 0 saturated carbocycles. The summed E-state index contributed by atoms with van der Waals surface area (Å²) < 4.78 is 0. The van der Waals surface area contributed by atoms with Crippen LogP contribution in [0.15, 0.2) is 48.5 Å². The normalized spacial score (nSPS) is 16.1. The second kappa shape index (κ2) is 7.17. The van der Waals surface area contributed by atoms with Crippen LogP contribution in [0, 0.1) is 0 Å². The van der Waals surface area contributed by atoms with Crippen LogP contribution in [0.5, 0.6) is 0 Å². The molecule has 5 heteroatoms. The number of carbonyl (C=O) groups excluding carboxylic acids is 2. The standard InChI is InChI=1S/C19H21N3O2/c20-15-9-10-16-14(11-15)7-4-8-17(16)22-18(23)12-21-19(24)13-5-2-1-3-6-13/h1-3,5-6,9-11,17H,4,7-8,12,20H2,(H,21,24)(H,22,23). The second-order valence-corrected chi connectivity index (χ2v) is 6.02. The Balaban J connectivity index is 1.57. The first kappa shape index (κ1) is 16.1. The Kier molecular flexibility index (Phi) is 4.79. The van der Waals surface area contributed by atoms with E-state index >= 15 is 0 Å². The Labute approximate surface area is 141 Å². The Morgan fingerprint density at radius 2 is 1.92 bits per heavy atom. The van der Waals surface area contributed by atoms with Crippen molar-refractivity contribution in [3.8, 4) is 0 Å². The third-order valence-corrected chi connectivity index (χ3v) is 4.26. The first-order valence-electron chi connectivity index (χ1n) is 8.14. The van der Waals surface area contributed by atoms with Crippen molar-refractivity contribution >= 4 is 17.5 Å². The zero-order valence-electron chi connectivity index (χ0n) is 13.4. The number of anilines is 1. The van der Waals surface area contributed by atoms with Crippen LogP contribution in [0.2, 0.25) is 0 Å². The van der Waals surface area contributed by atoms with Crippen molar-refractivity contribution in [3.05, 3.63) is 65.2 Å². The zero-order valence-corrected chi connectivity index (χ0v) is 13.4. The summed E-state index contributed by atoms with van der Waals surface area (Å²) in [5.74, 6) is -0.434. The fourth-order valence-corrected chi connectivity index (χ4v) is 3.08. The summed E-state index contributed by atoms with van der Waals surface area (Å²) in [5.41, 5.74) is 9.44. The summed E-state index contributed by atoms with van der Waals surface area (Å²) in [6.07, 6.45) is 2.89. The molecule has 0 aliphatic heterocycles. The SMILES string of the molecule is Nc1ccc2c(c1)CCCC2NC(=O)CNC(=O)c1ccccc1. The summed E-state index contributed by atoms with van der Waals surface area (Å²) in [4.78, 5) is 24.1. The fourth-order valence-electron chi connectivity index (χ4n) is 3.08. The maximum Gasteiger partial charge on any atom is 0.251 e. The molecule has 1 unspecified atom stereocenters. The highest BCUT2D eigenvalue weighted by Crippen LogP contribution is 2.30. The number of aryl methyl sites for hydroxylation is 1. The number of nitrogen functional groups attached to an aromatic ring is 1. The average Bonchev–Trinajstić information content (AvgIpc) is 2.60. The molecule has 3 rings (SSSR count). The van der Waals surface area contributed by atoms with Gasteiger partial charge in [-0.3, -0.25) is 9.59 Å². The minimum atomic E-state index is -0.248. The second-order valence-electron chi connectivity index (χ2n) is 6.02. The number of carbonyl (C=O) groups is 2. The van der Waals surface area contributed by atoms with Gasteiger partial charge < -0.3 is 16.4 Å². The van der Waals surface area contributed by atoms with Crippen molar-refractivity contribution in [2.75, 3.05) is 12.3 Å². The molecule has 0 radical (unpaired) electrons. The highest BCUT2D eigenvalue weighted by atomic mass is 16.2. The molecule has 4 N–H and O–H groups in total. The van der Waals surface area contributed by atoms with E-state index in [0.717, 1.165) is 30.5 Å². The average molecular weight is 323 g/mol. The highest BCUT2D eigenvalue weighted by Gasteiger charge is 2.22. The van der Waals surface area contributed by atoms with Crippen molar-refractivity contribution in [1.29, 1.82) is 0 Å². The Hall–Kier alpha value is -2.82.